The van der Waals surface area contributed by atoms with Crippen LogP contribution in [0, 0.1) is 5.92 Å². The second-order valence-corrected chi connectivity index (χ2v) is 7.91. The fourth-order valence-corrected chi connectivity index (χ4v) is 4.03. The van der Waals surface area contributed by atoms with Gasteiger partial charge in [-0.05, 0) is 30.7 Å². The van der Waals surface area contributed by atoms with E-state index in [0.29, 0.717) is 12.5 Å². The van der Waals surface area contributed by atoms with Crippen molar-refractivity contribution >= 4 is 11.8 Å². The van der Waals surface area contributed by atoms with Gasteiger partial charge in [-0.25, -0.2) is 0 Å². The van der Waals surface area contributed by atoms with E-state index in [-0.39, 0.29) is 18.4 Å². The summed E-state index contributed by atoms with van der Waals surface area (Å²) in [5, 5.41) is 0. The summed E-state index contributed by atoms with van der Waals surface area (Å²) in [6.45, 7) is 8.04. The van der Waals surface area contributed by atoms with Crippen molar-refractivity contribution in [3.8, 4) is 0 Å². The first kappa shape index (κ1) is 20.8. The Bertz CT molecular complexity index is 623. The Hall–Kier alpha value is -1.92. The van der Waals surface area contributed by atoms with Gasteiger partial charge >= 0.3 is 0 Å². The number of rotatable bonds is 7. The standard InChI is InChI=1S/C22H33N3O3/c1-19(26)25(12-11-23-13-15-28-16-14-23)18-22(27)24-9-7-21(8-10-24)17-20-5-3-2-4-6-20/h2-6,21H,7-18H2,1H3. The zero-order valence-corrected chi connectivity index (χ0v) is 17.0. The molecule has 0 spiro atoms. The van der Waals surface area contributed by atoms with E-state index in [2.05, 4.69) is 29.2 Å². The van der Waals surface area contributed by atoms with Gasteiger partial charge in [0.1, 0.15) is 0 Å². The van der Waals surface area contributed by atoms with Crippen LogP contribution >= 0.6 is 0 Å². The number of hydrogen-bond donors (Lipinski definition) is 0. The predicted octanol–water partition coefficient (Wildman–Crippen LogP) is 1.65. The molecule has 2 fully saturated rings. The minimum atomic E-state index is -0.0272. The summed E-state index contributed by atoms with van der Waals surface area (Å²) in [4.78, 5) is 30.6. The minimum absolute atomic E-state index is 0.0272. The molecule has 1 aromatic carbocycles. The number of benzene rings is 1. The summed E-state index contributed by atoms with van der Waals surface area (Å²) in [6.07, 6.45) is 3.16. The van der Waals surface area contributed by atoms with Crippen molar-refractivity contribution in [1.29, 1.82) is 0 Å². The molecule has 0 bridgehead atoms. The third kappa shape index (κ3) is 6.31. The van der Waals surface area contributed by atoms with Gasteiger partial charge in [0, 0.05) is 46.2 Å². The van der Waals surface area contributed by atoms with Crippen LogP contribution in [0.15, 0.2) is 30.3 Å². The Labute approximate surface area is 168 Å². The molecule has 6 nitrogen and oxygen atoms in total. The predicted molar refractivity (Wildman–Crippen MR) is 109 cm³/mol. The number of nitrogens with zero attached hydrogens (tertiary/aromatic N) is 3. The van der Waals surface area contributed by atoms with Gasteiger partial charge in [-0.2, -0.15) is 0 Å². The SMILES string of the molecule is CC(=O)N(CCN1CCOCC1)CC(=O)N1CCC(Cc2ccccc2)CC1. The molecule has 0 N–H and O–H groups in total. The molecule has 0 unspecified atom stereocenters. The average molecular weight is 388 g/mol. The number of carbonyl (C=O) groups is 2. The maximum atomic E-state index is 12.7. The molecular weight excluding hydrogens is 354 g/mol. The van der Waals surface area contributed by atoms with Crippen molar-refractivity contribution in [2.45, 2.75) is 26.2 Å². The van der Waals surface area contributed by atoms with Crippen molar-refractivity contribution in [3.05, 3.63) is 35.9 Å². The van der Waals surface area contributed by atoms with Crippen LogP contribution in [-0.2, 0) is 20.7 Å². The molecule has 6 heteroatoms. The molecule has 2 amide bonds. The van der Waals surface area contributed by atoms with E-state index in [9.17, 15) is 9.59 Å². The lowest BCUT2D eigenvalue weighted by Crippen LogP contribution is -2.48. The average Bonchev–Trinajstić information content (AvgIpc) is 2.73. The van der Waals surface area contributed by atoms with Crippen LogP contribution in [0.4, 0.5) is 0 Å². The number of piperidine rings is 1. The number of carbonyl (C=O) groups excluding carboxylic acids is 2. The topological polar surface area (TPSA) is 53.1 Å². The molecule has 2 aliphatic rings. The quantitative estimate of drug-likeness (QED) is 0.714. The van der Waals surface area contributed by atoms with Crippen LogP contribution in [0.5, 0.6) is 0 Å². The van der Waals surface area contributed by atoms with Gasteiger partial charge in [-0.3, -0.25) is 14.5 Å². The molecule has 3 rings (SSSR count). The summed E-state index contributed by atoms with van der Waals surface area (Å²) in [5.74, 6) is 0.688. The largest absolute Gasteiger partial charge is 0.379 e. The van der Waals surface area contributed by atoms with E-state index in [1.165, 1.54) is 5.56 Å². The normalized spacial score (nSPS) is 18.8. The summed E-state index contributed by atoms with van der Waals surface area (Å²) in [7, 11) is 0. The van der Waals surface area contributed by atoms with E-state index in [0.717, 1.165) is 65.2 Å². The lowest BCUT2D eigenvalue weighted by Gasteiger charge is -2.34. The molecule has 0 aliphatic carbocycles. The second kappa shape index (κ2) is 10.6. The lowest BCUT2D eigenvalue weighted by molar-refractivity contribution is -0.140. The third-order valence-corrected chi connectivity index (χ3v) is 5.90. The van der Waals surface area contributed by atoms with Gasteiger partial charge in [-0.1, -0.05) is 30.3 Å². The van der Waals surface area contributed by atoms with Crippen LogP contribution in [-0.4, -0.2) is 85.5 Å². The molecule has 1 aromatic rings. The van der Waals surface area contributed by atoms with Crippen LogP contribution in [0.1, 0.15) is 25.3 Å². The van der Waals surface area contributed by atoms with Crippen LogP contribution in [0.2, 0.25) is 0 Å². The van der Waals surface area contributed by atoms with E-state index in [1.54, 1.807) is 11.8 Å². The Morgan fingerprint density at radius 1 is 1.07 bits per heavy atom. The molecule has 28 heavy (non-hydrogen) atoms. The Morgan fingerprint density at radius 3 is 2.39 bits per heavy atom. The molecule has 0 saturated carbocycles. The monoisotopic (exact) mass is 387 g/mol. The zero-order valence-electron chi connectivity index (χ0n) is 17.0. The highest BCUT2D eigenvalue weighted by atomic mass is 16.5. The van der Waals surface area contributed by atoms with Crippen molar-refractivity contribution in [2.75, 3.05) is 59.0 Å². The highest BCUT2D eigenvalue weighted by Crippen LogP contribution is 2.21. The van der Waals surface area contributed by atoms with Gasteiger partial charge in [0.2, 0.25) is 11.8 Å². The lowest BCUT2D eigenvalue weighted by atomic mass is 9.90. The summed E-state index contributed by atoms with van der Waals surface area (Å²) < 4.78 is 5.36. The maximum Gasteiger partial charge on any atom is 0.242 e. The molecule has 2 saturated heterocycles. The Kier molecular flexibility index (Phi) is 7.86. The van der Waals surface area contributed by atoms with Gasteiger partial charge < -0.3 is 14.5 Å². The number of amides is 2. The fourth-order valence-electron chi connectivity index (χ4n) is 4.03. The van der Waals surface area contributed by atoms with Crippen LogP contribution in [0.3, 0.4) is 0 Å². The maximum absolute atomic E-state index is 12.7. The first-order valence-corrected chi connectivity index (χ1v) is 10.5. The van der Waals surface area contributed by atoms with Crippen molar-refractivity contribution < 1.29 is 14.3 Å². The van der Waals surface area contributed by atoms with Crippen molar-refractivity contribution in [3.63, 3.8) is 0 Å². The van der Waals surface area contributed by atoms with Gasteiger partial charge in [0.25, 0.3) is 0 Å². The second-order valence-electron chi connectivity index (χ2n) is 7.91. The smallest absolute Gasteiger partial charge is 0.242 e. The van der Waals surface area contributed by atoms with Crippen molar-refractivity contribution in [2.24, 2.45) is 5.92 Å². The number of ether oxygens (including phenoxy) is 1. The molecular formula is C22H33N3O3. The fraction of sp³-hybridized carbons (Fsp3) is 0.636. The van der Waals surface area contributed by atoms with E-state index < -0.39 is 0 Å². The molecule has 2 aliphatic heterocycles. The minimum Gasteiger partial charge on any atom is -0.379 e. The van der Waals surface area contributed by atoms with Crippen LogP contribution < -0.4 is 0 Å². The molecule has 0 aromatic heterocycles. The van der Waals surface area contributed by atoms with E-state index in [4.69, 9.17) is 4.74 Å². The van der Waals surface area contributed by atoms with Crippen LogP contribution in [0.25, 0.3) is 0 Å². The third-order valence-electron chi connectivity index (χ3n) is 5.90. The Morgan fingerprint density at radius 2 is 1.75 bits per heavy atom. The Balaban J connectivity index is 1.42. The van der Waals surface area contributed by atoms with E-state index in [1.807, 2.05) is 11.0 Å². The van der Waals surface area contributed by atoms with Gasteiger partial charge in [0.05, 0.1) is 19.8 Å². The first-order chi connectivity index (χ1) is 13.6. The van der Waals surface area contributed by atoms with Gasteiger partial charge in [-0.15, -0.1) is 0 Å². The summed E-state index contributed by atoms with van der Waals surface area (Å²) in [5.41, 5.74) is 1.37. The summed E-state index contributed by atoms with van der Waals surface area (Å²) in [6, 6.07) is 10.6. The summed E-state index contributed by atoms with van der Waals surface area (Å²) >= 11 is 0. The zero-order chi connectivity index (χ0) is 19.8. The molecule has 0 atom stereocenters. The molecule has 0 radical (unpaired) electrons. The first-order valence-electron chi connectivity index (χ1n) is 10.5. The van der Waals surface area contributed by atoms with E-state index >= 15 is 0 Å². The molecule has 2 heterocycles. The highest BCUT2D eigenvalue weighted by Gasteiger charge is 2.25. The molecule has 154 valence electrons. The highest BCUT2D eigenvalue weighted by molar-refractivity contribution is 5.83. The number of morpholine rings is 1. The number of hydrogen-bond acceptors (Lipinski definition) is 4. The van der Waals surface area contributed by atoms with Crippen molar-refractivity contribution in [1.82, 2.24) is 14.7 Å². The number of likely N-dealkylation sites (tertiary alicyclic amines) is 1. The van der Waals surface area contributed by atoms with Gasteiger partial charge in [0.15, 0.2) is 0 Å².